The lowest BCUT2D eigenvalue weighted by atomic mass is 9.92. The second-order valence-electron chi connectivity index (χ2n) is 4.30. The van der Waals surface area contributed by atoms with Crippen LogP contribution >= 0.6 is 0 Å². The Labute approximate surface area is 89.3 Å². The summed E-state index contributed by atoms with van der Waals surface area (Å²) < 4.78 is 0. The minimum atomic E-state index is 0.354. The molecule has 0 amide bonds. The zero-order chi connectivity index (χ0) is 10.8. The van der Waals surface area contributed by atoms with Crippen LogP contribution < -0.4 is 0 Å². The van der Waals surface area contributed by atoms with Crippen molar-refractivity contribution in [2.75, 3.05) is 0 Å². The van der Waals surface area contributed by atoms with E-state index in [0.717, 1.165) is 12.8 Å². The number of carbonyl (C=O) groups excluding carboxylic acids is 1. The lowest BCUT2D eigenvalue weighted by molar-refractivity contribution is -0.121. The standard InChI is InChI=1S/C13H26O/c1-4-6-8-9-11-13(12(3)14)10-7-5-2/h13H,4-11H2,1-3H3. The number of ketones is 1. The maximum absolute atomic E-state index is 11.3. The summed E-state index contributed by atoms with van der Waals surface area (Å²) in [7, 11) is 0. The first-order chi connectivity index (χ1) is 6.72. The molecular weight excluding hydrogens is 172 g/mol. The Morgan fingerprint density at radius 3 is 2.00 bits per heavy atom. The fraction of sp³-hybridized carbons (Fsp3) is 0.923. The molecule has 0 rings (SSSR count). The summed E-state index contributed by atoms with van der Waals surface area (Å²) in [6.45, 7) is 6.16. The first-order valence-corrected chi connectivity index (χ1v) is 6.22. The summed E-state index contributed by atoms with van der Waals surface area (Å²) in [5, 5.41) is 0. The Kier molecular flexibility index (Phi) is 9.02. The quantitative estimate of drug-likeness (QED) is 0.503. The molecule has 0 N–H and O–H groups in total. The van der Waals surface area contributed by atoms with Crippen molar-refractivity contribution in [2.45, 2.75) is 72.1 Å². The molecule has 0 fully saturated rings. The van der Waals surface area contributed by atoms with Crippen molar-refractivity contribution in [2.24, 2.45) is 5.92 Å². The lowest BCUT2D eigenvalue weighted by Crippen LogP contribution is -2.10. The van der Waals surface area contributed by atoms with Gasteiger partial charge in [0.25, 0.3) is 0 Å². The number of carbonyl (C=O) groups is 1. The molecule has 1 unspecified atom stereocenters. The molecule has 0 aromatic carbocycles. The second kappa shape index (κ2) is 9.23. The van der Waals surface area contributed by atoms with E-state index >= 15 is 0 Å². The molecule has 0 aliphatic carbocycles. The maximum Gasteiger partial charge on any atom is 0.132 e. The summed E-state index contributed by atoms with van der Waals surface area (Å²) >= 11 is 0. The summed E-state index contributed by atoms with van der Waals surface area (Å²) in [5.74, 6) is 0.752. The molecule has 0 spiro atoms. The summed E-state index contributed by atoms with van der Waals surface area (Å²) in [5.41, 5.74) is 0. The summed E-state index contributed by atoms with van der Waals surface area (Å²) in [4.78, 5) is 11.3. The minimum absolute atomic E-state index is 0.354. The minimum Gasteiger partial charge on any atom is -0.300 e. The van der Waals surface area contributed by atoms with Crippen molar-refractivity contribution in [1.82, 2.24) is 0 Å². The van der Waals surface area contributed by atoms with Gasteiger partial charge >= 0.3 is 0 Å². The highest BCUT2D eigenvalue weighted by Crippen LogP contribution is 2.17. The van der Waals surface area contributed by atoms with Crippen LogP contribution in [-0.2, 0) is 4.79 Å². The fourth-order valence-electron chi connectivity index (χ4n) is 1.82. The molecule has 0 saturated carbocycles. The van der Waals surface area contributed by atoms with E-state index in [-0.39, 0.29) is 0 Å². The number of Topliss-reactive ketones (excluding diaryl/α,β-unsaturated/α-hetero) is 1. The van der Waals surface area contributed by atoms with Gasteiger partial charge in [0.05, 0.1) is 0 Å². The Morgan fingerprint density at radius 2 is 1.50 bits per heavy atom. The van der Waals surface area contributed by atoms with Gasteiger partial charge in [-0.15, -0.1) is 0 Å². The third-order valence-corrected chi connectivity index (χ3v) is 2.89. The van der Waals surface area contributed by atoms with E-state index in [1.54, 1.807) is 6.92 Å². The van der Waals surface area contributed by atoms with Crippen LogP contribution in [0.3, 0.4) is 0 Å². The predicted octanol–water partition coefficient (Wildman–Crippen LogP) is 4.35. The monoisotopic (exact) mass is 198 g/mol. The van der Waals surface area contributed by atoms with Gasteiger partial charge < -0.3 is 0 Å². The number of hydrogen-bond acceptors (Lipinski definition) is 1. The van der Waals surface area contributed by atoms with Gasteiger partial charge in [-0.2, -0.15) is 0 Å². The van der Waals surface area contributed by atoms with Crippen LogP contribution in [0.5, 0.6) is 0 Å². The molecule has 1 nitrogen and oxygen atoms in total. The van der Waals surface area contributed by atoms with E-state index in [0.29, 0.717) is 11.7 Å². The van der Waals surface area contributed by atoms with Crippen LogP contribution in [0.1, 0.15) is 72.1 Å². The highest BCUT2D eigenvalue weighted by Gasteiger charge is 2.12. The van der Waals surface area contributed by atoms with E-state index in [9.17, 15) is 4.79 Å². The van der Waals surface area contributed by atoms with Crippen LogP contribution in [0, 0.1) is 5.92 Å². The largest absolute Gasteiger partial charge is 0.300 e. The first-order valence-electron chi connectivity index (χ1n) is 6.22. The second-order valence-corrected chi connectivity index (χ2v) is 4.30. The van der Waals surface area contributed by atoms with Crippen LogP contribution in [-0.4, -0.2) is 5.78 Å². The highest BCUT2D eigenvalue weighted by atomic mass is 16.1. The Morgan fingerprint density at radius 1 is 0.929 bits per heavy atom. The Balaban J connectivity index is 3.57. The molecule has 0 radical (unpaired) electrons. The topological polar surface area (TPSA) is 17.1 Å². The molecule has 1 heteroatoms. The SMILES string of the molecule is CCCCCCC(CCCC)C(C)=O. The normalized spacial score (nSPS) is 12.8. The number of hydrogen-bond donors (Lipinski definition) is 0. The third kappa shape index (κ3) is 7.11. The Bertz CT molecular complexity index is 140. The summed E-state index contributed by atoms with van der Waals surface area (Å²) in [6.07, 6.45) is 9.77. The molecule has 0 aromatic rings. The van der Waals surface area contributed by atoms with E-state index in [1.807, 2.05) is 0 Å². The first kappa shape index (κ1) is 13.7. The molecule has 0 bridgehead atoms. The van der Waals surface area contributed by atoms with Crippen LogP contribution in [0.4, 0.5) is 0 Å². The number of rotatable bonds is 9. The van der Waals surface area contributed by atoms with Gasteiger partial charge in [0.2, 0.25) is 0 Å². The maximum atomic E-state index is 11.3. The van der Waals surface area contributed by atoms with Crippen molar-refractivity contribution in [1.29, 1.82) is 0 Å². The molecular formula is C13H26O. The Hall–Kier alpha value is -0.330. The van der Waals surface area contributed by atoms with E-state index in [1.165, 1.54) is 38.5 Å². The molecule has 0 aromatic heterocycles. The molecule has 0 aliphatic rings. The van der Waals surface area contributed by atoms with Crippen molar-refractivity contribution in [3.63, 3.8) is 0 Å². The van der Waals surface area contributed by atoms with Gasteiger partial charge in [-0.25, -0.2) is 0 Å². The zero-order valence-electron chi connectivity index (χ0n) is 10.1. The molecule has 14 heavy (non-hydrogen) atoms. The van der Waals surface area contributed by atoms with Crippen LogP contribution in [0.25, 0.3) is 0 Å². The molecule has 84 valence electrons. The predicted molar refractivity (Wildman–Crippen MR) is 62.5 cm³/mol. The van der Waals surface area contributed by atoms with Crippen molar-refractivity contribution >= 4 is 5.78 Å². The van der Waals surface area contributed by atoms with Crippen molar-refractivity contribution in [3.8, 4) is 0 Å². The van der Waals surface area contributed by atoms with Crippen molar-refractivity contribution < 1.29 is 4.79 Å². The van der Waals surface area contributed by atoms with Gasteiger partial charge in [0, 0.05) is 5.92 Å². The molecule has 0 saturated heterocycles. The molecule has 0 aliphatic heterocycles. The highest BCUT2D eigenvalue weighted by molar-refractivity contribution is 5.78. The average Bonchev–Trinajstić information content (AvgIpc) is 2.16. The van der Waals surface area contributed by atoms with E-state index in [4.69, 9.17) is 0 Å². The van der Waals surface area contributed by atoms with Crippen LogP contribution in [0.2, 0.25) is 0 Å². The van der Waals surface area contributed by atoms with E-state index < -0.39 is 0 Å². The van der Waals surface area contributed by atoms with Crippen molar-refractivity contribution in [3.05, 3.63) is 0 Å². The molecule has 0 heterocycles. The third-order valence-electron chi connectivity index (χ3n) is 2.89. The smallest absolute Gasteiger partial charge is 0.132 e. The van der Waals surface area contributed by atoms with Gasteiger partial charge in [0.1, 0.15) is 5.78 Å². The van der Waals surface area contributed by atoms with Gasteiger partial charge in [-0.05, 0) is 19.8 Å². The molecule has 1 atom stereocenters. The van der Waals surface area contributed by atoms with Gasteiger partial charge in [-0.3, -0.25) is 4.79 Å². The van der Waals surface area contributed by atoms with Gasteiger partial charge in [0.15, 0.2) is 0 Å². The summed E-state index contributed by atoms with van der Waals surface area (Å²) in [6, 6.07) is 0. The van der Waals surface area contributed by atoms with Gasteiger partial charge in [-0.1, -0.05) is 52.4 Å². The zero-order valence-corrected chi connectivity index (χ0v) is 10.1. The lowest BCUT2D eigenvalue weighted by Gasteiger charge is -2.12. The number of unbranched alkanes of at least 4 members (excludes halogenated alkanes) is 4. The average molecular weight is 198 g/mol. The van der Waals surface area contributed by atoms with E-state index in [2.05, 4.69) is 13.8 Å². The fourth-order valence-corrected chi connectivity index (χ4v) is 1.82. The van der Waals surface area contributed by atoms with Crippen LogP contribution in [0.15, 0.2) is 0 Å².